The largest absolute Gasteiger partial charge is 0.338 e. The van der Waals surface area contributed by atoms with E-state index in [-0.39, 0.29) is 11.8 Å². The number of anilines is 1. The Hall–Kier alpha value is -2.94. The Morgan fingerprint density at radius 3 is 2.63 bits per heavy atom. The summed E-state index contributed by atoms with van der Waals surface area (Å²) in [6, 6.07) is 5.46. The first-order valence-corrected chi connectivity index (χ1v) is 9.59. The fraction of sp³-hybridized carbons (Fsp3) is 0.333. The molecule has 0 saturated carbocycles. The molecule has 1 saturated heterocycles. The van der Waals surface area contributed by atoms with Gasteiger partial charge >= 0.3 is 0 Å². The Balaban J connectivity index is 1.54. The van der Waals surface area contributed by atoms with Crippen LogP contribution in [-0.4, -0.2) is 49.1 Å². The van der Waals surface area contributed by atoms with Crippen molar-refractivity contribution < 1.29 is 9.59 Å². The van der Waals surface area contributed by atoms with Gasteiger partial charge in [-0.05, 0) is 24.3 Å². The van der Waals surface area contributed by atoms with E-state index in [0.29, 0.717) is 31.7 Å². The number of aryl methyl sites for hydroxylation is 1. The minimum Gasteiger partial charge on any atom is -0.338 e. The minimum absolute atomic E-state index is 0.0226. The first-order chi connectivity index (χ1) is 13.1. The molecule has 1 N–H and O–H groups in total. The molecule has 8 nitrogen and oxygen atoms in total. The van der Waals surface area contributed by atoms with Crippen LogP contribution in [0.4, 0.5) is 5.82 Å². The monoisotopic (exact) mass is 384 g/mol. The Bertz CT molecular complexity index is 923. The molecule has 1 aliphatic rings. The fourth-order valence-corrected chi connectivity index (χ4v) is 4.16. The number of rotatable bonds is 4. The van der Waals surface area contributed by atoms with Gasteiger partial charge in [-0.1, -0.05) is 6.07 Å². The van der Waals surface area contributed by atoms with E-state index in [1.54, 1.807) is 42.7 Å². The smallest absolute Gasteiger partial charge is 0.263 e. The third-order valence-corrected chi connectivity index (χ3v) is 5.84. The number of piperidine rings is 1. The molecule has 1 fully saturated rings. The molecule has 140 valence electrons. The Morgan fingerprint density at radius 2 is 2.04 bits per heavy atom. The number of hydrogen-bond donors (Lipinski definition) is 1. The van der Waals surface area contributed by atoms with Crippen molar-refractivity contribution in [2.45, 2.75) is 18.4 Å². The zero-order valence-electron chi connectivity index (χ0n) is 14.9. The molecule has 2 amide bonds. The van der Waals surface area contributed by atoms with Gasteiger partial charge in [0.2, 0.25) is 0 Å². The number of thiophene rings is 1. The van der Waals surface area contributed by atoms with Crippen LogP contribution in [0.5, 0.6) is 0 Å². The lowest BCUT2D eigenvalue weighted by Gasteiger charge is -2.41. The summed E-state index contributed by atoms with van der Waals surface area (Å²) in [5.74, 6) is 0.399. The first kappa shape index (κ1) is 17.5. The van der Waals surface area contributed by atoms with Crippen LogP contribution in [0.1, 0.15) is 22.5 Å². The van der Waals surface area contributed by atoms with Gasteiger partial charge < -0.3 is 14.8 Å². The highest BCUT2D eigenvalue weighted by Crippen LogP contribution is 2.32. The van der Waals surface area contributed by atoms with E-state index >= 15 is 0 Å². The average molecular weight is 384 g/mol. The number of imidazole rings is 1. The number of amides is 2. The third-order valence-electron chi connectivity index (χ3n) is 4.99. The highest BCUT2D eigenvalue weighted by molar-refractivity contribution is 7.12. The van der Waals surface area contributed by atoms with Crippen molar-refractivity contribution in [1.82, 2.24) is 24.2 Å². The van der Waals surface area contributed by atoms with Crippen molar-refractivity contribution in [3.05, 3.63) is 53.4 Å². The molecule has 3 aromatic heterocycles. The SMILES string of the molecule is Cn1ccc(NC(=O)C2(n3ccnc3)CCN(C(=O)c3cccs3)CC2)n1. The second kappa shape index (κ2) is 6.99. The summed E-state index contributed by atoms with van der Waals surface area (Å²) in [4.78, 5) is 32.5. The number of nitrogens with one attached hydrogen (secondary N) is 1. The molecule has 27 heavy (non-hydrogen) atoms. The van der Waals surface area contributed by atoms with Gasteiger partial charge in [-0.25, -0.2) is 4.98 Å². The van der Waals surface area contributed by atoms with E-state index in [1.807, 2.05) is 27.0 Å². The maximum absolute atomic E-state index is 13.2. The van der Waals surface area contributed by atoms with E-state index in [2.05, 4.69) is 15.4 Å². The van der Waals surface area contributed by atoms with Crippen molar-refractivity contribution in [3.63, 3.8) is 0 Å². The van der Waals surface area contributed by atoms with Crippen LogP contribution in [0.2, 0.25) is 0 Å². The molecule has 0 unspecified atom stereocenters. The molecule has 4 heterocycles. The molecule has 0 bridgehead atoms. The van der Waals surface area contributed by atoms with Crippen LogP contribution in [0.3, 0.4) is 0 Å². The zero-order chi connectivity index (χ0) is 18.9. The van der Waals surface area contributed by atoms with E-state index in [9.17, 15) is 9.59 Å². The summed E-state index contributed by atoms with van der Waals surface area (Å²) in [5.41, 5.74) is -0.791. The number of aromatic nitrogens is 4. The molecule has 0 aromatic carbocycles. The lowest BCUT2D eigenvalue weighted by molar-refractivity contribution is -0.126. The van der Waals surface area contributed by atoms with Gasteiger partial charge in [-0.3, -0.25) is 14.3 Å². The summed E-state index contributed by atoms with van der Waals surface area (Å²) in [6.07, 6.45) is 7.93. The summed E-state index contributed by atoms with van der Waals surface area (Å²) >= 11 is 1.44. The molecule has 0 spiro atoms. The normalized spacial score (nSPS) is 16.3. The van der Waals surface area contributed by atoms with Crippen LogP contribution in [0, 0.1) is 0 Å². The molecule has 0 aliphatic carbocycles. The van der Waals surface area contributed by atoms with Gasteiger partial charge in [0.15, 0.2) is 5.82 Å². The summed E-state index contributed by atoms with van der Waals surface area (Å²) < 4.78 is 3.49. The van der Waals surface area contributed by atoms with Crippen LogP contribution in [0.25, 0.3) is 0 Å². The molecule has 0 atom stereocenters. The Morgan fingerprint density at radius 1 is 1.22 bits per heavy atom. The van der Waals surface area contributed by atoms with Gasteiger partial charge in [0.1, 0.15) is 5.54 Å². The lowest BCUT2D eigenvalue weighted by Crippen LogP contribution is -2.53. The number of likely N-dealkylation sites (tertiary alicyclic amines) is 1. The quantitative estimate of drug-likeness (QED) is 0.745. The Labute approximate surface area is 160 Å². The van der Waals surface area contributed by atoms with Crippen LogP contribution in [-0.2, 0) is 17.4 Å². The van der Waals surface area contributed by atoms with Crippen LogP contribution >= 0.6 is 11.3 Å². The predicted octanol–water partition coefficient (Wildman–Crippen LogP) is 1.95. The summed E-state index contributed by atoms with van der Waals surface area (Å²) in [5, 5.41) is 9.04. The molecule has 1 aliphatic heterocycles. The van der Waals surface area contributed by atoms with Gasteiger partial charge in [0, 0.05) is 44.8 Å². The van der Waals surface area contributed by atoms with Gasteiger partial charge in [0.25, 0.3) is 11.8 Å². The van der Waals surface area contributed by atoms with E-state index in [4.69, 9.17) is 0 Å². The van der Waals surface area contributed by atoms with Crippen molar-refractivity contribution in [1.29, 1.82) is 0 Å². The highest BCUT2D eigenvalue weighted by Gasteiger charge is 2.44. The highest BCUT2D eigenvalue weighted by atomic mass is 32.1. The van der Waals surface area contributed by atoms with Crippen molar-refractivity contribution in [2.24, 2.45) is 7.05 Å². The third kappa shape index (κ3) is 3.25. The lowest BCUT2D eigenvalue weighted by atomic mass is 9.86. The van der Waals surface area contributed by atoms with Gasteiger partial charge in [-0.2, -0.15) is 5.10 Å². The number of nitrogens with zero attached hydrogens (tertiary/aromatic N) is 5. The fourth-order valence-electron chi connectivity index (χ4n) is 3.47. The molecule has 3 aromatic rings. The molecule has 4 rings (SSSR count). The molecular formula is C18H20N6O2S. The maximum atomic E-state index is 13.2. The molecule has 0 radical (unpaired) electrons. The Kier molecular flexibility index (Phi) is 4.53. The number of hydrogen-bond acceptors (Lipinski definition) is 5. The van der Waals surface area contributed by atoms with E-state index in [0.717, 1.165) is 4.88 Å². The van der Waals surface area contributed by atoms with Crippen molar-refractivity contribution >= 4 is 29.0 Å². The van der Waals surface area contributed by atoms with E-state index in [1.165, 1.54) is 11.3 Å². The van der Waals surface area contributed by atoms with Crippen molar-refractivity contribution in [2.75, 3.05) is 18.4 Å². The van der Waals surface area contributed by atoms with Crippen LogP contribution < -0.4 is 5.32 Å². The number of carbonyl (C=O) groups excluding carboxylic acids is 2. The van der Waals surface area contributed by atoms with Crippen LogP contribution in [0.15, 0.2) is 48.5 Å². The second-order valence-electron chi connectivity index (χ2n) is 6.60. The van der Waals surface area contributed by atoms with Gasteiger partial charge in [0.05, 0.1) is 11.2 Å². The predicted molar refractivity (Wildman–Crippen MR) is 101 cm³/mol. The average Bonchev–Trinajstić information content (AvgIpc) is 3.44. The minimum atomic E-state index is -0.791. The topological polar surface area (TPSA) is 85.0 Å². The second-order valence-corrected chi connectivity index (χ2v) is 7.55. The standard InChI is InChI=1S/C18H20N6O2S/c1-22-8-4-15(21-22)20-17(26)18(24-11-7-19-13-24)5-9-23(10-6-18)16(25)14-3-2-12-27-14/h2-4,7-8,11-13H,5-6,9-10H2,1H3,(H,20,21,26). The first-order valence-electron chi connectivity index (χ1n) is 8.71. The van der Waals surface area contributed by atoms with Gasteiger partial charge in [-0.15, -0.1) is 11.3 Å². The zero-order valence-corrected chi connectivity index (χ0v) is 15.7. The maximum Gasteiger partial charge on any atom is 0.263 e. The summed E-state index contributed by atoms with van der Waals surface area (Å²) in [7, 11) is 1.80. The summed E-state index contributed by atoms with van der Waals surface area (Å²) in [6.45, 7) is 1.01. The molecule has 9 heteroatoms. The van der Waals surface area contributed by atoms with Crippen molar-refractivity contribution in [3.8, 4) is 0 Å². The van der Waals surface area contributed by atoms with E-state index < -0.39 is 5.54 Å². The number of carbonyl (C=O) groups is 2. The molecular weight excluding hydrogens is 364 g/mol.